The lowest BCUT2D eigenvalue weighted by Crippen LogP contribution is -2.26. The van der Waals surface area contributed by atoms with Crippen LogP contribution in [0.5, 0.6) is 0 Å². The molecule has 4 aromatic heterocycles. The van der Waals surface area contributed by atoms with Crippen LogP contribution < -0.4 is 10.9 Å². The van der Waals surface area contributed by atoms with Crippen molar-refractivity contribution in [2.24, 2.45) is 5.92 Å². The standard InChI is InChI=1S/C30H27Cl3N8O2/c1-3-40-29-18-9-10-34-23(11-18)26(6-4-5-17(2)30(43)36-24(29)14-35-40)39-15-22(32)20(13-28(39)42)21-12-19(31)7-8-25(21)41-16-27(33)37-38-41/h7-17,26H,3-6H2,1-2H3,(H,36,43)/t17-,26+/m1/s1. The average Bonchev–Trinajstić information content (AvgIpc) is 3.61. The highest BCUT2D eigenvalue weighted by Crippen LogP contribution is 2.36. The third-order valence-corrected chi connectivity index (χ3v) is 8.39. The second kappa shape index (κ2) is 11.9. The van der Waals surface area contributed by atoms with Gasteiger partial charge in [0.1, 0.15) is 0 Å². The Balaban J connectivity index is 1.47. The Bertz CT molecular complexity index is 1900. The minimum atomic E-state index is -0.428. The van der Waals surface area contributed by atoms with Gasteiger partial charge in [-0.05, 0) is 50.1 Å². The molecule has 0 saturated heterocycles. The van der Waals surface area contributed by atoms with Gasteiger partial charge in [0.2, 0.25) is 5.91 Å². The molecule has 6 rings (SSSR count). The topological polar surface area (TPSA) is 113 Å². The number of pyridine rings is 2. The first-order chi connectivity index (χ1) is 20.7. The third kappa shape index (κ3) is 5.70. The minimum absolute atomic E-state index is 0.0705. The van der Waals surface area contributed by atoms with Crippen LogP contribution in [0.15, 0.2) is 66.0 Å². The molecule has 0 unspecified atom stereocenters. The average molecular weight is 638 g/mol. The van der Waals surface area contributed by atoms with E-state index in [0.29, 0.717) is 64.0 Å². The van der Waals surface area contributed by atoms with Crippen LogP contribution in [0.2, 0.25) is 15.2 Å². The minimum Gasteiger partial charge on any atom is -0.323 e. The number of aromatic nitrogens is 7. The summed E-state index contributed by atoms with van der Waals surface area (Å²) in [6.07, 6.45) is 8.48. The van der Waals surface area contributed by atoms with Crippen LogP contribution in [0.25, 0.3) is 28.1 Å². The van der Waals surface area contributed by atoms with Crippen molar-refractivity contribution in [3.8, 4) is 28.1 Å². The van der Waals surface area contributed by atoms with E-state index < -0.39 is 6.04 Å². The molecule has 43 heavy (non-hydrogen) atoms. The van der Waals surface area contributed by atoms with E-state index in [1.807, 2.05) is 30.7 Å². The van der Waals surface area contributed by atoms with Crippen LogP contribution in [0, 0.1) is 5.92 Å². The molecule has 1 aliphatic heterocycles. The van der Waals surface area contributed by atoms with Gasteiger partial charge < -0.3 is 9.88 Å². The first-order valence-electron chi connectivity index (χ1n) is 13.9. The van der Waals surface area contributed by atoms with Gasteiger partial charge in [-0.2, -0.15) is 5.10 Å². The molecular formula is C30H27Cl3N8O2. The number of amides is 1. The summed E-state index contributed by atoms with van der Waals surface area (Å²) in [7, 11) is 0. The Kier molecular flexibility index (Phi) is 8.09. The van der Waals surface area contributed by atoms with E-state index in [9.17, 15) is 9.59 Å². The summed E-state index contributed by atoms with van der Waals surface area (Å²) in [5.74, 6) is -0.308. The maximum absolute atomic E-state index is 13.9. The Hall–Kier alpha value is -3.99. The summed E-state index contributed by atoms with van der Waals surface area (Å²) in [4.78, 5) is 31.6. The molecule has 1 N–H and O–H groups in total. The first kappa shape index (κ1) is 29.1. The van der Waals surface area contributed by atoms with E-state index in [2.05, 4.69) is 20.7 Å². The summed E-state index contributed by atoms with van der Waals surface area (Å²) in [5.41, 5.74) is 4.40. The van der Waals surface area contributed by atoms with E-state index in [1.165, 1.54) is 10.7 Å². The molecule has 2 bridgehead atoms. The molecule has 0 saturated carbocycles. The number of aryl methyl sites for hydroxylation is 1. The number of carbonyl (C=O) groups is 1. The van der Waals surface area contributed by atoms with Gasteiger partial charge in [0.25, 0.3) is 5.56 Å². The van der Waals surface area contributed by atoms with Crippen LogP contribution in [0.3, 0.4) is 0 Å². The first-order valence-corrected chi connectivity index (χ1v) is 15.0. The fourth-order valence-corrected chi connectivity index (χ4v) is 6.05. The second-order valence-corrected chi connectivity index (χ2v) is 11.7. The number of anilines is 1. The Labute approximate surface area is 262 Å². The molecule has 2 atom stereocenters. The lowest BCUT2D eigenvalue weighted by atomic mass is 9.96. The number of hydrogen-bond donors (Lipinski definition) is 1. The molecule has 0 spiro atoms. The second-order valence-electron chi connectivity index (χ2n) is 10.5. The Morgan fingerprint density at radius 2 is 1.86 bits per heavy atom. The van der Waals surface area contributed by atoms with Gasteiger partial charge in [0, 0.05) is 52.6 Å². The fraction of sp³-hybridized carbons (Fsp3) is 0.267. The van der Waals surface area contributed by atoms with Gasteiger partial charge in [-0.25, -0.2) is 4.68 Å². The SMILES string of the molecule is CCn1ncc2c1-c1ccnc(c1)[C@@H](n1cc(Cl)c(-c3cc(Cl)ccc3-n3cc(Cl)nn3)cc1=O)CCC[C@@H](C)C(=O)N2. The predicted octanol–water partition coefficient (Wildman–Crippen LogP) is 6.68. The fourth-order valence-electron chi connectivity index (χ4n) is 5.49. The predicted molar refractivity (Wildman–Crippen MR) is 167 cm³/mol. The molecule has 1 aromatic carbocycles. The van der Waals surface area contributed by atoms with Gasteiger partial charge in [-0.15, -0.1) is 5.10 Å². The monoisotopic (exact) mass is 636 g/mol. The zero-order chi connectivity index (χ0) is 30.2. The van der Waals surface area contributed by atoms with Crippen LogP contribution >= 0.6 is 34.8 Å². The van der Waals surface area contributed by atoms with Gasteiger partial charge in [-0.3, -0.25) is 19.3 Å². The largest absolute Gasteiger partial charge is 0.323 e. The number of hydrogen-bond acceptors (Lipinski definition) is 6. The summed E-state index contributed by atoms with van der Waals surface area (Å²) < 4.78 is 4.95. The smallest absolute Gasteiger partial charge is 0.251 e. The Morgan fingerprint density at radius 1 is 1.02 bits per heavy atom. The van der Waals surface area contributed by atoms with Crippen LogP contribution in [-0.4, -0.2) is 40.2 Å². The molecule has 5 heterocycles. The highest BCUT2D eigenvalue weighted by molar-refractivity contribution is 6.34. The molecule has 0 aliphatic carbocycles. The van der Waals surface area contributed by atoms with Crippen LogP contribution in [-0.2, 0) is 11.3 Å². The number of nitrogens with one attached hydrogen (secondary N) is 1. The molecule has 0 fully saturated rings. The van der Waals surface area contributed by atoms with E-state index in [-0.39, 0.29) is 22.5 Å². The highest BCUT2D eigenvalue weighted by Gasteiger charge is 2.25. The quantitative estimate of drug-likeness (QED) is 0.235. The summed E-state index contributed by atoms with van der Waals surface area (Å²) >= 11 is 19.3. The Morgan fingerprint density at radius 3 is 2.63 bits per heavy atom. The van der Waals surface area contributed by atoms with Gasteiger partial charge >= 0.3 is 0 Å². The number of nitrogens with zero attached hydrogens (tertiary/aromatic N) is 7. The summed E-state index contributed by atoms with van der Waals surface area (Å²) in [6.45, 7) is 4.51. The molecule has 220 valence electrons. The molecule has 1 aliphatic rings. The number of carbonyl (C=O) groups excluding carboxylic acids is 1. The van der Waals surface area contributed by atoms with Crippen molar-refractivity contribution >= 4 is 46.4 Å². The number of rotatable bonds is 4. The van der Waals surface area contributed by atoms with E-state index in [4.69, 9.17) is 39.8 Å². The molecule has 0 radical (unpaired) electrons. The zero-order valence-electron chi connectivity index (χ0n) is 23.3. The van der Waals surface area contributed by atoms with Gasteiger partial charge in [0.05, 0.1) is 46.2 Å². The third-order valence-electron chi connectivity index (χ3n) is 7.68. The molecule has 5 aromatic rings. The van der Waals surface area contributed by atoms with Crippen molar-refractivity contribution in [1.29, 1.82) is 0 Å². The van der Waals surface area contributed by atoms with Gasteiger partial charge in [-0.1, -0.05) is 53.4 Å². The van der Waals surface area contributed by atoms with Crippen LogP contribution in [0.4, 0.5) is 5.69 Å². The van der Waals surface area contributed by atoms with Crippen molar-refractivity contribution in [3.63, 3.8) is 0 Å². The highest BCUT2D eigenvalue weighted by atomic mass is 35.5. The maximum Gasteiger partial charge on any atom is 0.251 e. The van der Waals surface area contributed by atoms with Crippen LogP contribution in [0.1, 0.15) is 44.8 Å². The van der Waals surface area contributed by atoms with Crippen molar-refractivity contribution in [2.45, 2.75) is 45.7 Å². The molecular weight excluding hydrogens is 611 g/mol. The van der Waals surface area contributed by atoms with E-state index >= 15 is 0 Å². The maximum atomic E-state index is 13.9. The number of fused-ring (bicyclic) bond motifs is 4. The van der Waals surface area contributed by atoms with Crippen molar-refractivity contribution < 1.29 is 4.79 Å². The van der Waals surface area contributed by atoms with Gasteiger partial charge in [0.15, 0.2) is 5.15 Å². The van der Waals surface area contributed by atoms with Crippen molar-refractivity contribution in [1.82, 2.24) is 34.3 Å². The number of halogens is 3. The van der Waals surface area contributed by atoms with Crippen molar-refractivity contribution in [3.05, 3.63) is 92.4 Å². The molecule has 13 heteroatoms. The van der Waals surface area contributed by atoms with Crippen molar-refractivity contribution in [2.75, 3.05) is 5.32 Å². The summed E-state index contributed by atoms with van der Waals surface area (Å²) in [6, 6.07) is 10.1. The van der Waals surface area contributed by atoms with E-state index in [1.54, 1.807) is 47.6 Å². The normalized spacial score (nSPS) is 17.1. The lowest BCUT2D eigenvalue weighted by molar-refractivity contribution is -0.119. The van der Waals surface area contributed by atoms with E-state index in [0.717, 1.165) is 11.3 Å². The lowest BCUT2D eigenvalue weighted by Gasteiger charge is -2.23. The molecule has 1 amide bonds. The number of benzene rings is 1. The zero-order valence-corrected chi connectivity index (χ0v) is 25.6. The summed E-state index contributed by atoms with van der Waals surface area (Å²) in [5, 5.41) is 16.5. The molecule has 10 nitrogen and oxygen atoms in total.